The number of aryl methyl sites for hydroxylation is 1. The molecule has 0 bridgehead atoms. The summed E-state index contributed by atoms with van der Waals surface area (Å²) in [5.74, 6) is 0.920. The van der Waals surface area contributed by atoms with Gasteiger partial charge in [0.1, 0.15) is 5.75 Å². The average molecular weight is 353 g/mol. The number of amides is 1. The van der Waals surface area contributed by atoms with Gasteiger partial charge in [0.2, 0.25) is 0 Å². The first kappa shape index (κ1) is 18.3. The number of hydrogen-bond donors (Lipinski definition) is 1. The first-order chi connectivity index (χ1) is 12.7. The Balaban J connectivity index is 1.43. The summed E-state index contributed by atoms with van der Waals surface area (Å²) in [5.41, 5.74) is 3.04. The van der Waals surface area contributed by atoms with E-state index in [2.05, 4.69) is 21.2 Å². The van der Waals surface area contributed by atoms with Crippen LogP contribution in [0.25, 0.3) is 0 Å². The van der Waals surface area contributed by atoms with Crippen molar-refractivity contribution in [2.24, 2.45) is 0 Å². The van der Waals surface area contributed by atoms with E-state index in [0.29, 0.717) is 6.54 Å². The molecule has 0 aliphatic carbocycles. The lowest BCUT2D eigenvalue weighted by atomic mass is 10.1. The summed E-state index contributed by atoms with van der Waals surface area (Å²) in [6, 6.07) is 15.8. The summed E-state index contributed by atoms with van der Waals surface area (Å²) < 4.78 is 5.46. The van der Waals surface area contributed by atoms with Crippen LogP contribution in [0.15, 0.2) is 48.5 Å². The number of anilines is 1. The Morgan fingerprint density at radius 2 is 1.73 bits per heavy atom. The molecule has 0 spiro atoms. The van der Waals surface area contributed by atoms with Crippen LogP contribution in [0.3, 0.4) is 0 Å². The first-order valence-corrected chi connectivity index (χ1v) is 9.12. The van der Waals surface area contributed by atoms with Crippen LogP contribution in [-0.2, 0) is 0 Å². The van der Waals surface area contributed by atoms with Gasteiger partial charge in [-0.25, -0.2) is 0 Å². The number of hydrogen-bond acceptors (Lipinski definition) is 4. The number of nitrogens with one attached hydrogen (secondary N) is 1. The normalized spacial score (nSPS) is 14.9. The van der Waals surface area contributed by atoms with E-state index in [9.17, 15) is 4.79 Å². The van der Waals surface area contributed by atoms with E-state index in [-0.39, 0.29) is 5.91 Å². The first-order valence-electron chi connectivity index (χ1n) is 9.12. The Morgan fingerprint density at radius 1 is 1.04 bits per heavy atom. The highest BCUT2D eigenvalue weighted by Crippen LogP contribution is 2.28. The maximum absolute atomic E-state index is 12.2. The van der Waals surface area contributed by atoms with E-state index >= 15 is 0 Å². The number of ether oxygens (including phenoxy) is 1. The monoisotopic (exact) mass is 353 g/mol. The molecule has 1 N–H and O–H groups in total. The van der Waals surface area contributed by atoms with Gasteiger partial charge in [0.25, 0.3) is 5.91 Å². The van der Waals surface area contributed by atoms with Crippen molar-refractivity contribution in [2.45, 2.75) is 6.92 Å². The van der Waals surface area contributed by atoms with Crippen molar-refractivity contribution in [2.75, 3.05) is 51.3 Å². The van der Waals surface area contributed by atoms with Gasteiger partial charge in [0.15, 0.2) is 0 Å². The van der Waals surface area contributed by atoms with Crippen molar-refractivity contribution in [3.63, 3.8) is 0 Å². The zero-order valence-electron chi connectivity index (χ0n) is 15.6. The molecular weight excluding hydrogens is 326 g/mol. The quantitative estimate of drug-likeness (QED) is 0.867. The Hall–Kier alpha value is -2.53. The third kappa shape index (κ3) is 4.55. The Kier molecular flexibility index (Phi) is 6.12. The van der Waals surface area contributed by atoms with Gasteiger partial charge in [-0.3, -0.25) is 9.69 Å². The van der Waals surface area contributed by atoms with E-state index < -0.39 is 0 Å². The summed E-state index contributed by atoms with van der Waals surface area (Å²) in [4.78, 5) is 16.9. The van der Waals surface area contributed by atoms with Crippen LogP contribution in [0, 0.1) is 6.92 Å². The van der Waals surface area contributed by atoms with Crippen molar-refractivity contribution < 1.29 is 9.53 Å². The third-order valence-electron chi connectivity index (χ3n) is 4.83. The largest absolute Gasteiger partial charge is 0.495 e. The summed E-state index contributed by atoms with van der Waals surface area (Å²) >= 11 is 0. The van der Waals surface area contributed by atoms with Crippen molar-refractivity contribution in [1.82, 2.24) is 10.2 Å². The Morgan fingerprint density at radius 3 is 2.42 bits per heavy atom. The molecule has 0 saturated carbocycles. The molecule has 26 heavy (non-hydrogen) atoms. The van der Waals surface area contributed by atoms with Crippen LogP contribution in [0.5, 0.6) is 5.75 Å². The highest BCUT2D eigenvalue weighted by atomic mass is 16.5. The minimum absolute atomic E-state index is 0.00217. The lowest BCUT2D eigenvalue weighted by molar-refractivity contribution is 0.0948. The molecule has 1 fully saturated rings. The van der Waals surface area contributed by atoms with E-state index in [0.717, 1.165) is 55.3 Å². The standard InChI is InChI=1S/C21H27N3O2/c1-17-7-9-18(10-8-17)21(25)22-11-12-23-13-15-24(16-14-23)19-5-3-4-6-20(19)26-2/h3-10H,11-16H2,1-2H3,(H,22,25). The van der Waals surface area contributed by atoms with Gasteiger partial charge in [-0.2, -0.15) is 0 Å². The zero-order valence-corrected chi connectivity index (χ0v) is 15.6. The molecule has 3 rings (SSSR count). The fourth-order valence-electron chi connectivity index (χ4n) is 3.24. The summed E-state index contributed by atoms with van der Waals surface area (Å²) in [6.07, 6.45) is 0. The number of carbonyl (C=O) groups is 1. The van der Waals surface area contributed by atoms with Crippen LogP contribution in [-0.4, -0.2) is 57.2 Å². The number of carbonyl (C=O) groups excluding carboxylic acids is 1. The lowest BCUT2D eigenvalue weighted by Crippen LogP contribution is -2.48. The van der Waals surface area contributed by atoms with Crippen LogP contribution < -0.4 is 15.0 Å². The molecule has 0 aromatic heterocycles. The third-order valence-corrected chi connectivity index (χ3v) is 4.83. The average Bonchev–Trinajstić information content (AvgIpc) is 2.69. The molecule has 0 radical (unpaired) electrons. The molecule has 0 unspecified atom stereocenters. The Bertz CT molecular complexity index is 722. The van der Waals surface area contributed by atoms with Crippen molar-refractivity contribution in [3.8, 4) is 5.75 Å². The molecule has 2 aromatic carbocycles. The number of rotatable bonds is 6. The second-order valence-electron chi connectivity index (χ2n) is 6.62. The minimum atomic E-state index is -0.00217. The second-order valence-corrected chi connectivity index (χ2v) is 6.62. The second kappa shape index (κ2) is 8.72. The van der Waals surface area contributed by atoms with E-state index in [4.69, 9.17) is 4.74 Å². The van der Waals surface area contributed by atoms with E-state index in [1.54, 1.807) is 7.11 Å². The molecule has 1 heterocycles. The van der Waals surface area contributed by atoms with Gasteiger partial charge in [-0.15, -0.1) is 0 Å². The topological polar surface area (TPSA) is 44.8 Å². The number of benzene rings is 2. The molecule has 1 amide bonds. The zero-order chi connectivity index (χ0) is 18.4. The number of nitrogens with zero attached hydrogens (tertiary/aromatic N) is 2. The predicted molar refractivity (Wildman–Crippen MR) is 105 cm³/mol. The SMILES string of the molecule is COc1ccccc1N1CCN(CCNC(=O)c2ccc(C)cc2)CC1. The number of para-hydroxylation sites is 2. The van der Waals surface area contributed by atoms with Gasteiger partial charge in [0.05, 0.1) is 12.8 Å². The van der Waals surface area contributed by atoms with Crippen LogP contribution in [0.2, 0.25) is 0 Å². The smallest absolute Gasteiger partial charge is 0.251 e. The molecule has 1 aliphatic heterocycles. The van der Waals surface area contributed by atoms with Gasteiger partial charge in [-0.05, 0) is 31.2 Å². The van der Waals surface area contributed by atoms with E-state index in [1.807, 2.05) is 49.4 Å². The van der Waals surface area contributed by atoms with Gasteiger partial charge in [-0.1, -0.05) is 29.8 Å². The van der Waals surface area contributed by atoms with Crippen LogP contribution in [0.1, 0.15) is 15.9 Å². The van der Waals surface area contributed by atoms with Crippen LogP contribution >= 0.6 is 0 Å². The number of piperazine rings is 1. The molecule has 5 nitrogen and oxygen atoms in total. The van der Waals surface area contributed by atoms with Gasteiger partial charge in [0, 0.05) is 44.8 Å². The maximum atomic E-state index is 12.2. The molecule has 0 atom stereocenters. The molecule has 5 heteroatoms. The molecule has 1 saturated heterocycles. The molecule has 1 aliphatic rings. The number of methoxy groups -OCH3 is 1. The highest BCUT2D eigenvalue weighted by Gasteiger charge is 2.19. The van der Waals surface area contributed by atoms with Crippen molar-refractivity contribution in [3.05, 3.63) is 59.7 Å². The molecular formula is C21H27N3O2. The van der Waals surface area contributed by atoms with Crippen LogP contribution in [0.4, 0.5) is 5.69 Å². The Labute approximate surface area is 155 Å². The van der Waals surface area contributed by atoms with Crippen molar-refractivity contribution >= 4 is 11.6 Å². The van der Waals surface area contributed by atoms with Crippen molar-refractivity contribution in [1.29, 1.82) is 0 Å². The van der Waals surface area contributed by atoms with E-state index in [1.165, 1.54) is 0 Å². The fourth-order valence-corrected chi connectivity index (χ4v) is 3.24. The summed E-state index contributed by atoms with van der Waals surface area (Å²) in [5, 5.41) is 3.01. The molecule has 2 aromatic rings. The highest BCUT2D eigenvalue weighted by molar-refractivity contribution is 5.94. The summed E-state index contributed by atoms with van der Waals surface area (Å²) in [6.45, 7) is 7.46. The van der Waals surface area contributed by atoms with Gasteiger partial charge >= 0.3 is 0 Å². The predicted octanol–water partition coefficient (Wildman–Crippen LogP) is 2.56. The maximum Gasteiger partial charge on any atom is 0.251 e. The summed E-state index contributed by atoms with van der Waals surface area (Å²) in [7, 11) is 1.71. The fraction of sp³-hybridized carbons (Fsp3) is 0.381. The van der Waals surface area contributed by atoms with Gasteiger partial charge < -0.3 is 15.0 Å². The molecule has 138 valence electrons. The minimum Gasteiger partial charge on any atom is -0.495 e. The lowest BCUT2D eigenvalue weighted by Gasteiger charge is -2.36.